The smallest absolute Gasteiger partial charge is 0.303 e. The van der Waals surface area contributed by atoms with E-state index >= 15 is 4.39 Å². The van der Waals surface area contributed by atoms with Crippen molar-refractivity contribution < 1.29 is 19.0 Å². The van der Waals surface area contributed by atoms with E-state index in [4.69, 9.17) is 16.3 Å². The van der Waals surface area contributed by atoms with Gasteiger partial charge in [0.05, 0.1) is 17.8 Å². The highest BCUT2D eigenvalue weighted by Crippen LogP contribution is 2.45. The highest BCUT2D eigenvalue weighted by molar-refractivity contribution is 6.30. The number of aliphatic carboxylic acids is 1. The van der Waals surface area contributed by atoms with E-state index in [0.717, 1.165) is 24.2 Å². The number of carboxylic acid groups (broad SMARTS) is 1. The molecule has 1 N–H and O–H groups in total. The Labute approximate surface area is 223 Å². The molecule has 0 bridgehead atoms. The predicted molar refractivity (Wildman–Crippen MR) is 148 cm³/mol. The highest BCUT2D eigenvalue weighted by atomic mass is 35.5. The minimum atomic E-state index is -0.895. The number of ether oxygens (including phenoxy) is 1. The highest BCUT2D eigenvalue weighted by Gasteiger charge is 2.30. The minimum Gasteiger partial charge on any atom is -0.481 e. The van der Waals surface area contributed by atoms with Gasteiger partial charge in [-0.2, -0.15) is 0 Å². The summed E-state index contributed by atoms with van der Waals surface area (Å²) in [4.78, 5) is 15.8. The maximum Gasteiger partial charge on any atom is 0.303 e. The summed E-state index contributed by atoms with van der Waals surface area (Å²) in [6.45, 7) is 5.90. The molecule has 0 spiro atoms. The fraction of sp³-hybridized carbons (Fsp3) is 0.367. The van der Waals surface area contributed by atoms with E-state index in [2.05, 4.69) is 4.90 Å². The number of para-hydroxylation sites is 1. The van der Waals surface area contributed by atoms with Gasteiger partial charge in [-0.3, -0.25) is 4.79 Å². The van der Waals surface area contributed by atoms with E-state index in [1.54, 1.807) is 0 Å². The van der Waals surface area contributed by atoms with E-state index in [0.29, 0.717) is 48.1 Å². The van der Waals surface area contributed by atoms with Gasteiger partial charge in [0, 0.05) is 42.2 Å². The molecule has 7 heteroatoms. The molecule has 1 aliphatic rings. The third kappa shape index (κ3) is 6.25. The number of carboxylic acids is 1. The normalized spacial score (nSPS) is 14.8. The molecule has 1 fully saturated rings. The van der Waals surface area contributed by atoms with E-state index < -0.39 is 5.97 Å². The molecule has 3 aromatic carbocycles. The number of nitrogens with zero attached hydrogens (tertiary/aromatic N) is 2. The van der Waals surface area contributed by atoms with Gasteiger partial charge in [0.1, 0.15) is 5.82 Å². The first kappa shape index (κ1) is 27.0. The number of carbonyl (C=O) groups is 1. The molecule has 1 atom stereocenters. The molecule has 1 unspecified atom stereocenters. The van der Waals surface area contributed by atoms with Crippen LogP contribution in [0.25, 0.3) is 0 Å². The van der Waals surface area contributed by atoms with E-state index in [1.807, 2.05) is 79.4 Å². The molecule has 196 valence electrons. The van der Waals surface area contributed by atoms with Crippen molar-refractivity contribution in [2.45, 2.75) is 51.5 Å². The van der Waals surface area contributed by atoms with E-state index in [1.165, 1.54) is 6.07 Å². The summed E-state index contributed by atoms with van der Waals surface area (Å²) < 4.78 is 21.9. The fourth-order valence-corrected chi connectivity index (χ4v) is 5.32. The van der Waals surface area contributed by atoms with Gasteiger partial charge in [0.2, 0.25) is 0 Å². The van der Waals surface area contributed by atoms with Crippen LogP contribution in [0.2, 0.25) is 5.02 Å². The van der Waals surface area contributed by atoms with Crippen molar-refractivity contribution in [1.29, 1.82) is 0 Å². The first-order valence-corrected chi connectivity index (χ1v) is 13.3. The van der Waals surface area contributed by atoms with Gasteiger partial charge >= 0.3 is 5.97 Å². The molecule has 0 saturated carbocycles. The summed E-state index contributed by atoms with van der Waals surface area (Å²) in [5, 5.41) is 10.1. The Hall–Kier alpha value is -3.09. The van der Waals surface area contributed by atoms with Crippen LogP contribution in [0, 0.1) is 5.82 Å². The second-order valence-corrected chi connectivity index (χ2v) is 9.79. The molecule has 0 amide bonds. The van der Waals surface area contributed by atoms with Crippen LogP contribution in [0.5, 0.6) is 0 Å². The third-order valence-electron chi connectivity index (χ3n) is 7.05. The fourth-order valence-electron chi connectivity index (χ4n) is 5.19. The summed E-state index contributed by atoms with van der Waals surface area (Å²) in [6, 6.07) is 21.0. The molecule has 5 nitrogen and oxygen atoms in total. The Balaban J connectivity index is 1.97. The van der Waals surface area contributed by atoms with Gasteiger partial charge in [-0.05, 0) is 86.2 Å². The van der Waals surface area contributed by atoms with Crippen molar-refractivity contribution in [3.8, 4) is 0 Å². The molecule has 0 radical (unpaired) electrons. The van der Waals surface area contributed by atoms with Gasteiger partial charge in [-0.15, -0.1) is 0 Å². The number of rotatable bonds is 10. The maximum absolute atomic E-state index is 16.3. The molecule has 4 rings (SSSR count). The number of hydrogen-bond acceptors (Lipinski definition) is 4. The minimum absolute atomic E-state index is 0.0571. The second-order valence-electron chi connectivity index (χ2n) is 9.35. The van der Waals surface area contributed by atoms with Gasteiger partial charge in [0.25, 0.3) is 0 Å². The van der Waals surface area contributed by atoms with Crippen LogP contribution in [0.4, 0.5) is 27.1 Å². The number of hydrogen-bond donors (Lipinski definition) is 1. The van der Waals surface area contributed by atoms with Crippen LogP contribution in [-0.2, 0) is 9.53 Å². The Kier molecular flexibility index (Phi) is 9.06. The molecule has 1 saturated heterocycles. The monoisotopic (exact) mass is 524 g/mol. The van der Waals surface area contributed by atoms with Crippen molar-refractivity contribution in [2.75, 3.05) is 29.6 Å². The summed E-state index contributed by atoms with van der Waals surface area (Å²) >= 11 is 6.22. The molecule has 3 aromatic rings. The average molecular weight is 525 g/mol. The standard InChI is InChI=1S/C30H34ClFN2O3/c1-3-21(20-29(35)36)22-18-27(32)30(33(4-2)24-14-16-37-17-15-24)28(19-22)34(25-8-6-5-7-9-25)26-12-10-23(31)11-13-26/h5-13,18-19,21,24H,3-4,14-17,20H2,1-2H3,(H,35,36). The molecular weight excluding hydrogens is 491 g/mol. The maximum atomic E-state index is 16.3. The topological polar surface area (TPSA) is 53.0 Å². The number of benzene rings is 3. The Morgan fingerprint density at radius 1 is 1.05 bits per heavy atom. The lowest BCUT2D eigenvalue weighted by Gasteiger charge is -2.39. The summed E-state index contributed by atoms with van der Waals surface area (Å²) in [5.74, 6) is -1.55. The average Bonchev–Trinajstić information content (AvgIpc) is 2.91. The third-order valence-corrected chi connectivity index (χ3v) is 7.30. The van der Waals surface area contributed by atoms with Crippen molar-refractivity contribution in [3.63, 3.8) is 0 Å². The van der Waals surface area contributed by atoms with Crippen molar-refractivity contribution in [1.82, 2.24) is 0 Å². The van der Waals surface area contributed by atoms with Crippen LogP contribution in [0.15, 0.2) is 66.7 Å². The Bertz CT molecular complexity index is 1180. The van der Waals surface area contributed by atoms with Crippen LogP contribution < -0.4 is 9.80 Å². The number of halogens is 2. The SMILES string of the molecule is CCC(CC(=O)O)c1cc(F)c(N(CC)C2CCOCC2)c(N(c2ccccc2)c2ccc(Cl)cc2)c1. The lowest BCUT2D eigenvalue weighted by molar-refractivity contribution is -0.137. The Morgan fingerprint density at radius 3 is 2.30 bits per heavy atom. The van der Waals surface area contributed by atoms with Crippen LogP contribution >= 0.6 is 11.6 Å². The van der Waals surface area contributed by atoms with Gasteiger partial charge in [-0.1, -0.05) is 36.7 Å². The number of anilines is 4. The predicted octanol–water partition coefficient (Wildman–Crippen LogP) is 7.92. The van der Waals surface area contributed by atoms with Crippen molar-refractivity contribution >= 4 is 40.3 Å². The largest absolute Gasteiger partial charge is 0.481 e. The zero-order chi connectivity index (χ0) is 26.4. The van der Waals surface area contributed by atoms with E-state index in [-0.39, 0.29) is 24.2 Å². The van der Waals surface area contributed by atoms with Crippen LogP contribution in [-0.4, -0.2) is 36.9 Å². The zero-order valence-electron chi connectivity index (χ0n) is 21.4. The molecule has 1 aliphatic heterocycles. The van der Waals surface area contributed by atoms with E-state index in [9.17, 15) is 9.90 Å². The summed E-state index contributed by atoms with van der Waals surface area (Å²) in [5.41, 5.74) is 3.58. The molecule has 37 heavy (non-hydrogen) atoms. The molecular formula is C30H34ClFN2O3. The molecule has 0 aromatic heterocycles. The quantitative estimate of drug-likeness (QED) is 0.292. The zero-order valence-corrected chi connectivity index (χ0v) is 22.1. The first-order chi connectivity index (χ1) is 17.9. The van der Waals surface area contributed by atoms with Crippen molar-refractivity contribution in [2.24, 2.45) is 0 Å². The molecule has 1 heterocycles. The Morgan fingerprint density at radius 2 is 1.70 bits per heavy atom. The van der Waals surface area contributed by atoms with Crippen LogP contribution in [0.3, 0.4) is 0 Å². The second kappa shape index (κ2) is 12.4. The van der Waals surface area contributed by atoms with Gasteiger partial charge < -0.3 is 19.6 Å². The van der Waals surface area contributed by atoms with Gasteiger partial charge in [-0.25, -0.2) is 4.39 Å². The summed E-state index contributed by atoms with van der Waals surface area (Å²) in [6.07, 6.45) is 2.17. The lowest BCUT2D eigenvalue weighted by Crippen LogP contribution is -2.40. The molecule has 0 aliphatic carbocycles. The lowest BCUT2D eigenvalue weighted by atomic mass is 9.91. The first-order valence-electron chi connectivity index (χ1n) is 12.9. The van der Waals surface area contributed by atoms with Crippen LogP contribution in [0.1, 0.15) is 51.0 Å². The van der Waals surface area contributed by atoms with Gasteiger partial charge in [0.15, 0.2) is 0 Å². The summed E-state index contributed by atoms with van der Waals surface area (Å²) in [7, 11) is 0. The van der Waals surface area contributed by atoms with Crippen molar-refractivity contribution in [3.05, 3.63) is 83.1 Å².